The predicted molar refractivity (Wildman–Crippen MR) is 77.1 cm³/mol. The van der Waals surface area contributed by atoms with Crippen molar-refractivity contribution in [2.75, 3.05) is 6.54 Å². The van der Waals surface area contributed by atoms with Crippen molar-refractivity contribution in [3.63, 3.8) is 0 Å². The Morgan fingerprint density at radius 3 is 2.60 bits per heavy atom. The number of nitrogens with zero attached hydrogens (tertiary/aromatic N) is 1. The standard InChI is InChI=1S/C14H15BrN2O3/c1-8-6-9(4-5-10(8)15)12(19)17-7-11(18)16-13(20)14(17,2)3/h4-6H,7H2,1-3H3,(H,16,18,20). The predicted octanol–water partition coefficient (Wildman–Crippen LogP) is 1.63. The van der Waals surface area contributed by atoms with Gasteiger partial charge in [0.2, 0.25) is 5.91 Å². The molecular weight excluding hydrogens is 324 g/mol. The van der Waals surface area contributed by atoms with Crippen LogP contribution in [0.3, 0.4) is 0 Å². The SMILES string of the molecule is Cc1cc(C(=O)N2CC(=O)NC(=O)C2(C)C)ccc1Br. The van der Waals surface area contributed by atoms with Gasteiger partial charge < -0.3 is 4.90 Å². The third kappa shape index (κ3) is 2.47. The molecule has 1 saturated heterocycles. The fraction of sp³-hybridized carbons (Fsp3) is 0.357. The molecule has 1 aromatic rings. The smallest absolute Gasteiger partial charge is 0.255 e. The van der Waals surface area contributed by atoms with Crippen molar-refractivity contribution in [1.82, 2.24) is 10.2 Å². The van der Waals surface area contributed by atoms with Gasteiger partial charge >= 0.3 is 0 Å². The number of imide groups is 1. The third-order valence-corrected chi connectivity index (χ3v) is 4.32. The molecule has 0 spiro atoms. The third-order valence-electron chi connectivity index (χ3n) is 3.44. The van der Waals surface area contributed by atoms with E-state index in [1.165, 1.54) is 4.90 Å². The van der Waals surface area contributed by atoms with Crippen molar-refractivity contribution in [1.29, 1.82) is 0 Å². The van der Waals surface area contributed by atoms with E-state index < -0.39 is 17.4 Å². The summed E-state index contributed by atoms with van der Waals surface area (Å²) < 4.78 is 0.903. The van der Waals surface area contributed by atoms with Gasteiger partial charge in [0.15, 0.2) is 0 Å². The van der Waals surface area contributed by atoms with Crippen LogP contribution >= 0.6 is 15.9 Å². The summed E-state index contributed by atoms with van der Waals surface area (Å²) in [6.45, 7) is 5.00. The fourth-order valence-electron chi connectivity index (χ4n) is 2.04. The van der Waals surface area contributed by atoms with Crippen molar-refractivity contribution in [2.24, 2.45) is 0 Å². The number of aryl methyl sites for hydroxylation is 1. The number of hydrogen-bond acceptors (Lipinski definition) is 3. The molecule has 106 valence electrons. The maximum Gasteiger partial charge on any atom is 0.255 e. The zero-order chi connectivity index (χ0) is 15.1. The van der Waals surface area contributed by atoms with E-state index in [9.17, 15) is 14.4 Å². The van der Waals surface area contributed by atoms with Gasteiger partial charge in [-0.3, -0.25) is 19.7 Å². The Balaban J connectivity index is 2.38. The number of piperazine rings is 1. The minimum atomic E-state index is -1.05. The Hall–Kier alpha value is -1.69. The molecular formula is C14H15BrN2O3. The molecule has 0 bridgehead atoms. The Kier molecular flexibility index (Phi) is 3.69. The maximum absolute atomic E-state index is 12.5. The highest BCUT2D eigenvalue weighted by Crippen LogP contribution is 2.23. The van der Waals surface area contributed by atoms with E-state index in [4.69, 9.17) is 0 Å². The van der Waals surface area contributed by atoms with Crippen molar-refractivity contribution >= 4 is 33.7 Å². The van der Waals surface area contributed by atoms with Crippen LogP contribution < -0.4 is 5.32 Å². The largest absolute Gasteiger partial charge is 0.315 e. The number of halogens is 1. The van der Waals surface area contributed by atoms with Crippen molar-refractivity contribution in [3.05, 3.63) is 33.8 Å². The number of amides is 3. The summed E-state index contributed by atoms with van der Waals surface area (Å²) in [7, 11) is 0. The second-order valence-electron chi connectivity index (χ2n) is 5.29. The zero-order valence-electron chi connectivity index (χ0n) is 11.5. The molecule has 0 aromatic heterocycles. The van der Waals surface area contributed by atoms with Crippen LogP contribution in [-0.2, 0) is 9.59 Å². The number of rotatable bonds is 1. The second kappa shape index (κ2) is 5.01. The van der Waals surface area contributed by atoms with Crippen molar-refractivity contribution < 1.29 is 14.4 Å². The normalized spacial score (nSPS) is 17.9. The van der Waals surface area contributed by atoms with E-state index in [1.54, 1.807) is 32.0 Å². The summed E-state index contributed by atoms with van der Waals surface area (Å²) in [6.07, 6.45) is 0. The average Bonchev–Trinajstić information content (AvgIpc) is 2.36. The summed E-state index contributed by atoms with van der Waals surface area (Å²) in [5.74, 6) is -1.25. The quantitative estimate of drug-likeness (QED) is 0.791. The van der Waals surface area contributed by atoms with Crippen LogP contribution in [0.25, 0.3) is 0 Å². The monoisotopic (exact) mass is 338 g/mol. The lowest BCUT2D eigenvalue weighted by Crippen LogP contribution is -2.65. The Morgan fingerprint density at radius 2 is 2.00 bits per heavy atom. The van der Waals surface area contributed by atoms with Crippen LogP contribution in [0.2, 0.25) is 0 Å². The molecule has 0 radical (unpaired) electrons. The molecule has 1 heterocycles. The Bertz CT molecular complexity index is 610. The molecule has 1 N–H and O–H groups in total. The molecule has 6 heteroatoms. The number of hydrogen-bond donors (Lipinski definition) is 1. The van der Waals surface area contributed by atoms with E-state index in [0.717, 1.165) is 10.0 Å². The zero-order valence-corrected chi connectivity index (χ0v) is 13.1. The number of nitrogens with one attached hydrogen (secondary N) is 1. The van der Waals surface area contributed by atoms with Gasteiger partial charge in [-0.05, 0) is 44.5 Å². The lowest BCUT2D eigenvalue weighted by atomic mass is 9.97. The first-order chi connectivity index (χ1) is 9.23. The molecule has 1 aromatic carbocycles. The summed E-state index contributed by atoms with van der Waals surface area (Å²) in [4.78, 5) is 37.2. The molecule has 0 unspecified atom stereocenters. The van der Waals surface area contributed by atoms with Crippen LogP contribution in [-0.4, -0.2) is 34.7 Å². The lowest BCUT2D eigenvalue weighted by Gasteiger charge is -2.40. The van der Waals surface area contributed by atoms with Gasteiger partial charge in [0, 0.05) is 10.0 Å². The minimum absolute atomic E-state index is 0.118. The maximum atomic E-state index is 12.5. The van der Waals surface area contributed by atoms with E-state index >= 15 is 0 Å². The first-order valence-corrected chi connectivity index (χ1v) is 6.95. The van der Waals surface area contributed by atoms with Crippen LogP contribution in [0, 0.1) is 6.92 Å². The fourth-order valence-corrected chi connectivity index (χ4v) is 2.29. The number of carbonyl (C=O) groups is 3. The topological polar surface area (TPSA) is 66.5 Å². The summed E-state index contributed by atoms with van der Waals surface area (Å²) in [6, 6.07) is 5.19. The Morgan fingerprint density at radius 1 is 1.35 bits per heavy atom. The summed E-state index contributed by atoms with van der Waals surface area (Å²) in [5, 5.41) is 2.25. The highest BCUT2D eigenvalue weighted by atomic mass is 79.9. The number of benzene rings is 1. The van der Waals surface area contributed by atoms with Gasteiger partial charge in [-0.25, -0.2) is 0 Å². The molecule has 0 atom stereocenters. The van der Waals surface area contributed by atoms with Crippen LogP contribution in [0.15, 0.2) is 22.7 Å². The van der Waals surface area contributed by atoms with Gasteiger partial charge in [0.25, 0.3) is 11.8 Å². The van der Waals surface area contributed by atoms with Crippen LogP contribution in [0.1, 0.15) is 29.8 Å². The molecule has 5 nitrogen and oxygen atoms in total. The van der Waals surface area contributed by atoms with E-state index in [2.05, 4.69) is 21.2 Å². The van der Waals surface area contributed by atoms with Gasteiger partial charge in [-0.2, -0.15) is 0 Å². The molecule has 20 heavy (non-hydrogen) atoms. The summed E-state index contributed by atoms with van der Waals surface area (Å²) >= 11 is 3.37. The number of carbonyl (C=O) groups excluding carboxylic acids is 3. The second-order valence-corrected chi connectivity index (χ2v) is 6.15. The molecule has 1 aliphatic heterocycles. The first kappa shape index (κ1) is 14.7. The summed E-state index contributed by atoms with van der Waals surface area (Å²) in [5.41, 5.74) is 0.328. The van der Waals surface area contributed by atoms with Crippen molar-refractivity contribution in [3.8, 4) is 0 Å². The van der Waals surface area contributed by atoms with Gasteiger partial charge in [-0.1, -0.05) is 15.9 Å². The van der Waals surface area contributed by atoms with E-state index in [0.29, 0.717) is 5.56 Å². The van der Waals surface area contributed by atoms with Gasteiger partial charge in [0.1, 0.15) is 12.1 Å². The van der Waals surface area contributed by atoms with E-state index in [-0.39, 0.29) is 12.5 Å². The van der Waals surface area contributed by atoms with E-state index in [1.807, 2.05) is 6.92 Å². The first-order valence-electron chi connectivity index (χ1n) is 6.16. The van der Waals surface area contributed by atoms with Crippen LogP contribution in [0.4, 0.5) is 0 Å². The highest BCUT2D eigenvalue weighted by Gasteiger charge is 2.43. The highest BCUT2D eigenvalue weighted by molar-refractivity contribution is 9.10. The molecule has 1 aliphatic rings. The average molecular weight is 339 g/mol. The minimum Gasteiger partial charge on any atom is -0.315 e. The Labute approximate surface area is 125 Å². The van der Waals surface area contributed by atoms with Crippen molar-refractivity contribution in [2.45, 2.75) is 26.3 Å². The lowest BCUT2D eigenvalue weighted by molar-refractivity contribution is -0.143. The molecule has 0 aliphatic carbocycles. The molecule has 1 fully saturated rings. The molecule has 3 amide bonds. The van der Waals surface area contributed by atoms with Crippen LogP contribution in [0.5, 0.6) is 0 Å². The molecule has 2 rings (SSSR count). The van der Waals surface area contributed by atoms with Gasteiger partial charge in [0.05, 0.1) is 0 Å². The molecule has 0 saturated carbocycles. The van der Waals surface area contributed by atoms with Gasteiger partial charge in [-0.15, -0.1) is 0 Å².